The lowest BCUT2D eigenvalue weighted by Gasteiger charge is -1.99. The van der Waals surface area contributed by atoms with Gasteiger partial charge in [0.2, 0.25) is 0 Å². The summed E-state index contributed by atoms with van der Waals surface area (Å²) in [6, 6.07) is 1.85. The highest BCUT2D eigenvalue weighted by atomic mass is 16.1. The second-order valence-electron chi connectivity index (χ2n) is 3.12. The summed E-state index contributed by atoms with van der Waals surface area (Å²) < 4.78 is 0. The molecule has 70 valence electrons. The van der Waals surface area contributed by atoms with Gasteiger partial charge in [-0.3, -0.25) is 4.79 Å². The molecule has 13 heavy (non-hydrogen) atoms. The normalized spacial score (nSPS) is 10.0. The fourth-order valence-electron chi connectivity index (χ4n) is 1.18. The molecule has 0 saturated heterocycles. The lowest BCUT2D eigenvalue weighted by Crippen LogP contribution is -2.04. The van der Waals surface area contributed by atoms with Gasteiger partial charge in [-0.05, 0) is 19.4 Å². The number of hydrogen-bond acceptors (Lipinski definition) is 3. The van der Waals surface area contributed by atoms with Crippen LogP contribution < -0.4 is 0 Å². The molecule has 0 aliphatic rings. The van der Waals surface area contributed by atoms with Crippen LogP contribution in [0.2, 0.25) is 0 Å². The Balaban J connectivity index is 2.58. The molecule has 0 amide bonds. The summed E-state index contributed by atoms with van der Waals surface area (Å²) in [5.41, 5.74) is 1.74. The molecule has 3 heteroatoms. The Labute approximate surface area is 78.2 Å². The quantitative estimate of drug-likeness (QED) is 0.704. The number of hydrogen-bond donors (Lipinski definition) is 0. The van der Waals surface area contributed by atoms with E-state index in [0.717, 1.165) is 17.8 Å². The van der Waals surface area contributed by atoms with E-state index >= 15 is 0 Å². The summed E-state index contributed by atoms with van der Waals surface area (Å²) in [6.07, 6.45) is 3.49. The number of nitrogens with zero attached hydrogens (tertiary/aromatic N) is 2. The van der Waals surface area contributed by atoms with Crippen LogP contribution in [0.5, 0.6) is 0 Å². The Morgan fingerprint density at radius 3 is 2.85 bits per heavy atom. The molecule has 0 atom stereocenters. The van der Waals surface area contributed by atoms with Gasteiger partial charge in [0.05, 0.1) is 5.69 Å². The molecule has 1 rings (SSSR count). The standard InChI is InChI=1S/C10H14N2O/c1-3-4-10(13)6-9-5-8(2)11-7-12-9/h5,7H,3-4,6H2,1-2H3. The van der Waals surface area contributed by atoms with Crippen LogP contribution in [0.15, 0.2) is 12.4 Å². The number of Topliss-reactive ketones (excluding diaryl/α,β-unsaturated/α-hetero) is 1. The number of rotatable bonds is 4. The molecular formula is C10H14N2O. The van der Waals surface area contributed by atoms with Crippen LogP contribution in [0.25, 0.3) is 0 Å². The number of carbonyl (C=O) groups is 1. The third-order valence-corrected chi connectivity index (χ3v) is 1.77. The van der Waals surface area contributed by atoms with Gasteiger partial charge in [0.25, 0.3) is 0 Å². The molecule has 0 bridgehead atoms. The first-order valence-corrected chi connectivity index (χ1v) is 4.51. The lowest BCUT2D eigenvalue weighted by atomic mass is 10.1. The van der Waals surface area contributed by atoms with Crippen molar-refractivity contribution in [3.8, 4) is 0 Å². The highest BCUT2D eigenvalue weighted by molar-refractivity contribution is 5.80. The molecule has 0 aliphatic heterocycles. The Bertz CT molecular complexity index is 297. The van der Waals surface area contributed by atoms with E-state index in [1.165, 1.54) is 6.33 Å². The first kappa shape index (κ1) is 9.84. The SMILES string of the molecule is CCCC(=O)Cc1cc(C)ncn1. The van der Waals surface area contributed by atoms with Crippen LogP contribution in [0.1, 0.15) is 31.2 Å². The van der Waals surface area contributed by atoms with Crippen LogP contribution >= 0.6 is 0 Å². The van der Waals surface area contributed by atoms with E-state index in [-0.39, 0.29) is 5.78 Å². The minimum atomic E-state index is 0.251. The molecule has 1 aromatic heterocycles. The van der Waals surface area contributed by atoms with Gasteiger partial charge in [-0.2, -0.15) is 0 Å². The van der Waals surface area contributed by atoms with Crippen LogP contribution in [0.3, 0.4) is 0 Å². The predicted molar refractivity (Wildman–Crippen MR) is 50.4 cm³/mol. The number of aromatic nitrogens is 2. The van der Waals surface area contributed by atoms with Crippen molar-refractivity contribution in [2.24, 2.45) is 0 Å². The van der Waals surface area contributed by atoms with E-state index < -0.39 is 0 Å². The third kappa shape index (κ3) is 3.32. The highest BCUT2D eigenvalue weighted by Gasteiger charge is 2.03. The van der Waals surface area contributed by atoms with Gasteiger partial charge in [0.15, 0.2) is 0 Å². The number of carbonyl (C=O) groups excluding carboxylic acids is 1. The van der Waals surface area contributed by atoms with Crippen molar-refractivity contribution >= 4 is 5.78 Å². The largest absolute Gasteiger partial charge is 0.299 e. The van der Waals surface area contributed by atoms with Crippen molar-refractivity contribution in [3.05, 3.63) is 23.8 Å². The Morgan fingerprint density at radius 1 is 1.46 bits per heavy atom. The fraction of sp³-hybridized carbons (Fsp3) is 0.500. The van der Waals surface area contributed by atoms with Gasteiger partial charge in [0, 0.05) is 18.5 Å². The lowest BCUT2D eigenvalue weighted by molar-refractivity contribution is -0.118. The Kier molecular flexibility index (Phi) is 3.55. The summed E-state index contributed by atoms with van der Waals surface area (Å²) in [7, 11) is 0. The minimum absolute atomic E-state index is 0.251. The van der Waals surface area contributed by atoms with Gasteiger partial charge in [0.1, 0.15) is 12.1 Å². The van der Waals surface area contributed by atoms with Gasteiger partial charge in [-0.15, -0.1) is 0 Å². The molecule has 0 aromatic carbocycles. The van der Waals surface area contributed by atoms with Crippen LogP contribution in [-0.2, 0) is 11.2 Å². The maximum Gasteiger partial charge on any atom is 0.138 e. The van der Waals surface area contributed by atoms with Gasteiger partial charge in [-0.1, -0.05) is 6.92 Å². The minimum Gasteiger partial charge on any atom is -0.299 e. The van der Waals surface area contributed by atoms with Crippen molar-refractivity contribution < 1.29 is 4.79 Å². The Morgan fingerprint density at radius 2 is 2.23 bits per heavy atom. The van der Waals surface area contributed by atoms with Gasteiger partial charge >= 0.3 is 0 Å². The monoisotopic (exact) mass is 178 g/mol. The zero-order valence-electron chi connectivity index (χ0n) is 8.08. The predicted octanol–water partition coefficient (Wildman–Crippen LogP) is 1.70. The molecule has 0 fully saturated rings. The Hall–Kier alpha value is -1.25. The smallest absolute Gasteiger partial charge is 0.138 e. The number of aryl methyl sites for hydroxylation is 1. The zero-order chi connectivity index (χ0) is 9.68. The van der Waals surface area contributed by atoms with E-state index in [1.807, 2.05) is 19.9 Å². The van der Waals surface area contributed by atoms with Crippen molar-refractivity contribution in [2.45, 2.75) is 33.1 Å². The number of ketones is 1. The summed E-state index contributed by atoms with van der Waals surface area (Å²) in [5, 5.41) is 0. The molecule has 1 heterocycles. The van der Waals surface area contributed by atoms with Crippen LogP contribution in [-0.4, -0.2) is 15.8 Å². The van der Waals surface area contributed by atoms with E-state index in [1.54, 1.807) is 0 Å². The van der Waals surface area contributed by atoms with E-state index in [4.69, 9.17) is 0 Å². The van der Waals surface area contributed by atoms with E-state index in [2.05, 4.69) is 9.97 Å². The third-order valence-electron chi connectivity index (χ3n) is 1.77. The molecule has 0 aliphatic carbocycles. The summed E-state index contributed by atoms with van der Waals surface area (Å²) in [4.78, 5) is 19.3. The maximum atomic E-state index is 11.3. The molecule has 0 saturated carbocycles. The fourth-order valence-corrected chi connectivity index (χ4v) is 1.18. The topological polar surface area (TPSA) is 42.9 Å². The van der Waals surface area contributed by atoms with Crippen LogP contribution in [0, 0.1) is 6.92 Å². The summed E-state index contributed by atoms with van der Waals surface area (Å²) in [5.74, 6) is 0.251. The summed E-state index contributed by atoms with van der Waals surface area (Å²) >= 11 is 0. The van der Waals surface area contributed by atoms with Crippen molar-refractivity contribution in [2.75, 3.05) is 0 Å². The first-order valence-electron chi connectivity index (χ1n) is 4.51. The molecule has 0 radical (unpaired) electrons. The molecule has 0 unspecified atom stereocenters. The summed E-state index contributed by atoms with van der Waals surface area (Å²) in [6.45, 7) is 3.90. The van der Waals surface area contributed by atoms with Crippen molar-refractivity contribution in [1.29, 1.82) is 0 Å². The van der Waals surface area contributed by atoms with Gasteiger partial charge in [-0.25, -0.2) is 9.97 Å². The molecule has 3 nitrogen and oxygen atoms in total. The van der Waals surface area contributed by atoms with E-state index in [9.17, 15) is 4.79 Å². The second kappa shape index (κ2) is 4.70. The van der Waals surface area contributed by atoms with Crippen molar-refractivity contribution in [1.82, 2.24) is 9.97 Å². The van der Waals surface area contributed by atoms with Crippen LogP contribution in [0.4, 0.5) is 0 Å². The zero-order valence-corrected chi connectivity index (χ0v) is 8.08. The first-order chi connectivity index (χ1) is 6.22. The van der Waals surface area contributed by atoms with Crippen molar-refractivity contribution in [3.63, 3.8) is 0 Å². The maximum absolute atomic E-state index is 11.3. The average molecular weight is 178 g/mol. The molecule has 0 spiro atoms. The molecular weight excluding hydrogens is 164 g/mol. The molecule has 0 N–H and O–H groups in total. The van der Waals surface area contributed by atoms with E-state index in [0.29, 0.717) is 12.8 Å². The highest BCUT2D eigenvalue weighted by Crippen LogP contribution is 2.01. The molecule has 1 aromatic rings. The second-order valence-corrected chi connectivity index (χ2v) is 3.12. The van der Waals surface area contributed by atoms with Gasteiger partial charge < -0.3 is 0 Å². The average Bonchev–Trinajstić information content (AvgIpc) is 2.04.